The van der Waals surface area contributed by atoms with E-state index in [4.69, 9.17) is 5.21 Å². The number of carbonyl (C=O) groups is 1. The number of aryl methyl sites for hydroxylation is 1. The number of alkyl halides is 2. The summed E-state index contributed by atoms with van der Waals surface area (Å²) in [5, 5.41) is 9.18. The molecule has 11 heteroatoms. The van der Waals surface area contributed by atoms with Crippen LogP contribution in [-0.4, -0.2) is 40.1 Å². The van der Waals surface area contributed by atoms with Crippen molar-refractivity contribution in [2.45, 2.75) is 31.1 Å². The van der Waals surface area contributed by atoms with Gasteiger partial charge in [0.25, 0.3) is 17.9 Å². The number of carbonyl (C=O) groups excluding carboxylic acids is 1. The zero-order valence-electron chi connectivity index (χ0n) is 17.2. The largest absolute Gasteiger partial charge is 0.299 e. The minimum Gasteiger partial charge on any atom is -0.299 e. The van der Waals surface area contributed by atoms with Crippen LogP contribution < -0.4 is 11.0 Å². The molecule has 0 aliphatic rings. The predicted molar refractivity (Wildman–Crippen MR) is 114 cm³/mol. The summed E-state index contributed by atoms with van der Waals surface area (Å²) in [6, 6.07) is 10.6. The summed E-state index contributed by atoms with van der Waals surface area (Å²) in [6.45, 7) is 1.04. The molecule has 3 rings (SSSR count). The maximum Gasteiger partial charge on any atom is 0.264 e. The second-order valence-corrected chi connectivity index (χ2v) is 10.0. The third kappa shape index (κ3) is 4.39. The highest BCUT2D eigenvalue weighted by Gasteiger charge is 2.43. The minimum atomic E-state index is -3.90. The van der Waals surface area contributed by atoms with Gasteiger partial charge in [0.2, 0.25) is 0 Å². The van der Waals surface area contributed by atoms with Crippen LogP contribution in [0.4, 0.5) is 8.78 Å². The molecule has 32 heavy (non-hydrogen) atoms. The molecule has 3 aromatic rings. The lowest BCUT2D eigenvalue weighted by molar-refractivity contribution is -0.131. The third-order valence-electron chi connectivity index (χ3n) is 5.55. The lowest BCUT2D eigenvalue weighted by Crippen LogP contribution is -2.50. The fourth-order valence-electron chi connectivity index (χ4n) is 3.24. The average molecular weight is 465 g/mol. The molecule has 0 spiro atoms. The van der Waals surface area contributed by atoms with E-state index in [1.165, 1.54) is 35.4 Å². The number of hydroxylamine groups is 1. The summed E-state index contributed by atoms with van der Waals surface area (Å²) in [4.78, 5) is 29.0. The molecular weight excluding hydrogens is 444 g/mol. The minimum absolute atomic E-state index is 0.0912. The Kier molecular flexibility index (Phi) is 6.42. The molecule has 1 heterocycles. The number of sulfone groups is 1. The fourth-order valence-corrected chi connectivity index (χ4v) is 4.08. The maximum absolute atomic E-state index is 12.8. The van der Waals surface area contributed by atoms with Gasteiger partial charge >= 0.3 is 0 Å². The van der Waals surface area contributed by atoms with Gasteiger partial charge in [-0.05, 0) is 36.6 Å². The van der Waals surface area contributed by atoms with Crippen LogP contribution in [0.15, 0.2) is 53.6 Å². The predicted octanol–water partition coefficient (Wildman–Crippen LogP) is 2.70. The van der Waals surface area contributed by atoms with Crippen LogP contribution in [0.2, 0.25) is 0 Å². The molecule has 0 radical (unpaired) electrons. The van der Waals surface area contributed by atoms with E-state index in [1.54, 1.807) is 30.3 Å². The quantitative estimate of drug-likeness (QED) is 0.409. The molecule has 0 saturated heterocycles. The molecule has 170 valence electrons. The van der Waals surface area contributed by atoms with Crippen LogP contribution in [0.25, 0.3) is 22.0 Å². The lowest BCUT2D eigenvalue weighted by Gasteiger charge is -2.25. The number of rotatable bonds is 7. The molecule has 0 aliphatic carbocycles. The van der Waals surface area contributed by atoms with Crippen molar-refractivity contribution in [3.8, 4) is 11.1 Å². The van der Waals surface area contributed by atoms with E-state index in [-0.39, 0.29) is 23.9 Å². The second kappa shape index (κ2) is 8.75. The number of aromatic nitrogens is 2. The number of halogens is 2. The number of fused-ring (bicyclic) bond motifs is 1. The number of amides is 1. The van der Waals surface area contributed by atoms with E-state index in [0.717, 1.165) is 6.26 Å². The number of hydrogen-bond donors (Lipinski definition) is 2. The van der Waals surface area contributed by atoms with Gasteiger partial charge in [-0.15, -0.1) is 0 Å². The van der Waals surface area contributed by atoms with E-state index in [1.807, 2.05) is 0 Å². The molecule has 0 saturated carbocycles. The summed E-state index contributed by atoms with van der Waals surface area (Å²) in [5.74, 6) is -1.09. The van der Waals surface area contributed by atoms with Gasteiger partial charge < -0.3 is 0 Å². The van der Waals surface area contributed by atoms with Crippen molar-refractivity contribution >= 4 is 26.6 Å². The number of nitrogens with one attached hydrogen (secondary N) is 1. The van der Waals surface area contributed by atoms with Crippen molar-refractivity contribution in [2.24, 2.45) is 0 Å². The Balaban J connectivity index is 1.92. The summed E-state index contributed by atoms with van der Waals surface area (Å²) in [7, 11) is -3.90. The molecule has 0 unspecified atom stereocenters. The Morgan fingerprint density at radius 1 is 1.19 bits per heavy atom. The Bertz CT molecular complexity index is 1320. The van der Waals surface area contributed by atoms with Gasteiger partial charge in [0.15, 0.2) is 14.6 Å². The number of nitrogens with zero attached hydrogens (tertiary/aromatic N) is 2. The van der Waals surface area contributed by atoms with Gasteiger partial charge in [0, 0.05) is 18.4 Å². The van der Waals surface area contributed by atoms with Crippen molar-refractivity contribution in [2.75, 3.05) is 6.26 Å². The molecule has 8 nitrogen and oxygen atoms in total. The van der Waals surface area contributed by atoms with Crippen LogP contribution in [0.3, 0.4) is 0 Å². The van der Waals surface area contributed by atoms with Crippen LogP contribution in [0, 0.1) is 0 Å². The molecule has 0 bridgehead atoms. The third-order valence-corrected chi connectivity index (χ3v) is 7.58. The Hall–Kier alpha value is -3.18. The molecule has 0 fully saturated rings. The van der Waals surface area contributed by atoms with Crippen LogP contribution in [0.1, 0.15) is 25.3 Å². The molecule has 0 aliphatic heterocycles. The van der Waals surface area contributed by atoms with E-state index >= 15 is 0 Å². The molecule has 1 amide bonds. The van der Waals surface area contributed by atoms with E-state index in [9.17, 15) is 26.8 Å². The van der Waals surface area contributed by atoms with Gasteiger partial charge in [0.05, 0.1) is 17.2 Å². The highest BCUT2D eigenvalue weighted by atomic mass is 32.2. The smallest absolute Gasteiger partial charge is 0.264 e. The van der Waals surface area contributed by atoms with E-state index in [0.29, 0.717) is 16.6 Å². The molecular formula is C21H21F2N3O5S. The Morgan fingerprint density at radius 2 is 1.81 bits per heavy atom. The molecule has 2 aromatic carbocycles. The summed E-state index contributed by atoms with van der Waals surface area (Å²) >= 11 is 0. The summed E-state index contributed by atoms with van der Waals surface area (Å²) in [6.07, 6.45) is -0.707. The normalized spacial score (nSPS) is 13.8. The van der Waals surface area contributed by atoms with Crippen LogP contribution in [-0.2, 0) is 21.2 Å². The first kappa shape index (κ1) is 23.5. The first-order chi connectivity index (χ1) is 15.0. The van der Waals surface area contributed by atoms with E-state index in [2.05, 4.69) is 4.98 Å². The Morgan fingerprint density at radius 3 is 2.38 bits per heavy atom. The van der Waals surface area contributed by atoms with Gasteiger partial charge in [-0.3, -0.25) is 19.4 Å². The van der Waals surface area contributed by atoms with E-state index < -0.39 is 32.5 Å². The highest BCUT2D eigenvalue weighted by Crippen LogP contribution is 2.26. The fraction of sp³-hybridized carbons (Fsp3) is 0.286. The van der Waals surface area contributed by atoms with Crippen molar-refractivity contribution in [3.63, 3.8) is 0 Å². The molecule has 1 aromatic heterocycles. The summed E-state index contributed by atoms with van der Waals surface area (Å²) in [5.41, 5.74) is 2.58. The first-order valence-electron chi connectivity index (χ1n) is 9.50. The van der Waals surface area contributed by atoms with Crippen molar-refractivity contribution in [1.29, 1.82) is 0 Å². The van der Waals surface area contributed by atoms with Crippen molar-refractivity contribution < 1.29 is 27.2 Å². The summed E-state index contributed by atoms with van der Waals surface area (Å²) < 4.78 is 48.9. The first-order valence-corrected chi connectivity index (χ1v) is 11.4. The topological polar surface area (TPSA) is 118 Å². The number of hydrogen-bond acceptors (Lipinski definition) is 6. The average Bonchev–Trinajstić information content (AvgIpc) is 2.76. The monoisotopic (exact) mass is 465 g/mol. The zero-order chi connectivity index (χ0) is 23.7. The van der Waals surface area contributed by atoms with Gasteiger partial charge in [-0.1, -0.05) is 30.3 Å². The second-order valence-electron chi connectivity index (χ2n) is 7.59. The molecule has 2 N–H and O–H groups in total. The highest BCUT2D eigenvalue weighted by molar-refractivity contribution is 7.92. The van der Waals surface area contributed by atoms with Crippen molar-refractivity contribution in [3.05, 3.63) is 64.7 Å². The zero-order valence-corrected chi connectivity index (χ0v) is 18.1. The van der Waals surface area contributed by atoms with Crippen LogP contribution >= 0.6 is 0 Å². The van der Waals surface area contributed by atoms with Crippen molar-refractivity contribution in [1.82, 2.24) is 15.0 Å². The lowest BCUT2D eigenvalue weighted by atomic mass is 10.0. The van der Waals surface area contributed by atoms with Crippen LogP contribution in [0.5, 0.6) is 0 Å². The molecule has 1 atom stereocenters. The number of benzene rings is 2. The standard InChI is InChI=1S/C21H21F2N3O5S/c1-21(20(28)25-29,32(2,30)31)9-10-26-12-24-17-11-15(7-8-16(17)19(26)27)13-3-5-14(6-4-13)18(22)23/h3-8,11-12,18,29H,9-10H2,1-2H3,(H,25,28)/t21-/m0/s1. The Labute approximate surface area is 182 Å². The van der Waals surface area contributed by atoms with Gasteiger partial charge in [-0.25, -0.2) is 27.7 Å². The SMILES string of the molecule is C[C@](CCn1cnc2cc(-c3ccc(C(F)F)cc3)ccc2c1=O)(C(=O)NO)S(C)(=O)=O. The van der Waals surface area contributed by atoms with Gasteiger partial charge in [-0.2, -0.15) is 0 Å². The van der Waals surface area contributed by atoms with Gasteiger partial charge in [0.1, 0.15) is 0 Å². The maximum atomic E-state index is 12.8.